The van der Waals surface area contributed by atoms with E-state index in [4.69, 9.17) is 9.52 Å². The Morgan fingerprint density at radius 3 is 2.59 bits per heavy atom. The first-order valence-electron chi connectivity index (χ1n) is 7.40. The number of aromatic nitrogens is 1. The molecule has 0 aliphatic carbocycles. The molecule has 0 saturated carbocycles. The third-order valence-electron chi connectivity index (χ3n) is 3.60. The summed E-state index contributed by atoms with van der Waals surface area (Å²) < 4.78 is 6.92. The summed E-state index contributed by atoms with van der Waals surface area (Å²) in [4.78, 5) is 22.2. The first-order chi connectivity index (χ1) is 10.1. The first kappa shape index (κ1) is 19.0. The van der Waals surface area contributed by atoms with Crippen LogP contribution in [-0.4, -0.2) is 45.2 Å². The van der Waals surface area contributed by atoms with Gasteiger partial charge in [-0.15, -0.1) is 0 Å². The van der Waals surface area contributed by atoms with Gasteiger partial charge >= 0.3 is 41.3 Å². The Morgan fingerprint density at radius 2 is 1.86 bits per heavy atom. The van der Waals surface area contributed by atoms with Crippen molar-refractivity contribution < 1.29 is 14.3 Å². The molecule has 2 rings (SSSR count). The van der Waals surface area contributed by atoms with Gasteiger partial charge in [-0.05, 0) is 37.5 Å². The molecule has 0 radical (unpaired) electrons. The van der Waals surface area contributed by atoms with Gasteiger partial charge in [-0.2, -0.15) is 0 Å². The summed E-state index contributed by atoms with van der Waals surface area (Å²) in [6.07, 6.45) is 4.78. The van der Waals surface area contributed by atoms with Crippen molar-refractivity contribution in [2.45, 2.75) is 52.0 Å². The van der Waals surface area contributed by atoms with Crippen molar-refractivity contribution in [1.29, 1.82) is 0 Å². The second kappa shape index (κ2) is 9.18. The molecule has 0 fully saturated rings. The van der Waals surface area contributed by atoms with Gasteiger partial charge in [0, 0.05) is 13.0 Å². The van der Waals surface area contributed by atoms with E-state index < -0.39 is 5.97 Å². The number of carboxylic acid groups (broad SMARTS) is 1. The standard InChI is InChI=1S/C16H21NO4.Na.H/c1-12-8-9-13-14(11-12)21-16(20)17(13)10-6-4-2-3-5-7-15(18)19;;/h8-9,11H,2-7,10H2,1H3,(H,18,19);;. The van der Waals surface area contributed by atoms with Gasteiger partial charge in [-0.3, -0.25) is 9.36 Å². The number of carbonyl (C=O) groups is 1. The average Bonchev–Trinajstić information content (AvgIpc) is 2.72. The summed E-state index contributed by atoms with van der Waals surface area (Å²) in [6.45, 7) is 2.61. The van der Waals surface area contributed by atoms with Crippen LogP contribution in [0.3, 0.4) is 0 Å². The molecule has 0 aliphatic heterocycles. The van der Waals surface area contributed by atoms with Crippen molar-refractivity contribution in [3.8, 4) is 0 Å². The number of rotatable bonds is 8. The number of hydrogen-bond donors (Lipinski definition) is 1. The fraction of sp³-hybridized carbons (Fsp3) is 0.500. The van der Waals surface area contributed by atoms with Crippen LogP contribution < -0.4 is 5.76 Å². The average molecular weight is 315 g/mol. The summed E-state index contributed by atoms with van der Waals surface area (Å²) in [5.41, 5.74) is 2.56. The molecular weight excluding hydrogens is 293 g/mol. The van der Waals surface area contributed by atoms with Gasteiger partial charge in [0.05, 0.1) is 5.52 Å². The summed E-state index contributed by atoms with van der Waals surface area (Å²) in [7, 11) is 0. The molecule has 0 aliphatic rings. The normalized spacial score (nSPS) is 10.6. The summed E-state index contributed by atoms with van der Waals surface area (Å²) in [5.74, 6) is -1.04. The summed E-state index contributed by atoms with van der Waals surface area (Å²) >= 11 is 0. The Hall–Kier alpha value is -1.04. The zero-order valence-corrected chi connectivity index (χ0v) is 12.3. The van der Waals surface area contributed by atoms with Crippen LogP contribution in [0.4, 0.5) is 0 Å². The molecule has 1 aromatic carbocycles. The number of fused-ring (bicyclic) bond motifs is 1. The molecule has 0 saturated heterocycles. The molecule has 2 aromatic rings. The summed E-state index contributed by atoms with van der Waals surface area (Å²) in [6, 6.07) is 5.77. The van der Waals surface area contributed by atoms with Crippen LogP contribution >= 0.6 is 0 Å². The molecule has 0 unspecified atom stereocenters. The van der Waals surface area contributed by atoms with Crippen molar-refractivity contribution in [1.82, 2.24) is 4.57 Å². The Bertz CT molecular complexity index is 674. The molecule has 1 aromatic heterocycles. The van der Waals surface area contributed by atoms with E-state index >= 15 is 0 Å². The van der Waals surface area contributed by atoms with E-state index in [1.807, 2.05) is 25.1 Å². The molecule has 1 N–H and O–H groups in total. The monoisotopic (exact) mass is 315 g/mol. The zero-order valence-electron chi connectivity index (χ0n) is 12.3. The third-order valence-corrected chi connectivity index (χ3v) is 3.60. The number of nitrogens with zero attached hydrogens (tertiary/aromatic N) is 1. The van der Waals surface area contributed by atoms with E-state index in [0.717, 1.165) is 43.2 Å². The van der Waals surface area contributed by atoms with Gasteiger partial charge in [0.1, 0.15) is 0 Å². The maximum absolute atomic E-state index is 11.8. The Labute approximate surface area is 151 Å². The van der Waals surface area contributed by atoms with Crippen LogP contribution in [0.1, 0.15) is 44.1 Å². The van der Waals surface area contributed by atoms with Gasteiger partial charge < -0.3 is 9.52 Å². The van der Waals surface area contributed by atoms with E-state index in [1.54, 1.807) is 4.57 Å². The van der Waals surface area contributed by atoms with Crippen molar-refractivity contribution in [3.05, 3.63) is 34.3 Å². The van der Waals surface area contributed by atoms with E-state index in [9.17, 15) is 9.59 Å². The van der Waals surface area contributed by atoms with Gasteiger partial charge in [0.25, 0.3) is 0 Å². The van der Waals surface area contributed by atoms with Gasteiger partial charge in [-0.1, -0.05) is 25.3 Å². The van der Waals surface area contributed by atoms with Gasteiger partial charge in [0.15, 0.2) is 5.58 Å². The minimum atomic E-state index is -0.735. The fourth-order valence-electron chi connectivity index (χ4n) is 2.46. The molecule has 22 heavy (non-hydrogen) atoms. The number of aliphatic carboxylic acids is 1. The van der Waals surface area contributed by atoms with Crippen LogP contribution in [0.2, 0.25) is 0 Å². The molecule has 116 valence electrons. The molecule has 0 amide bonds. The van der Waals surface area contributed by atoms with Gasteiger partial charge in [0.2, 0.25) is 0 Å². The number of aryl methyl sites for hydroxylation is 2. The first-order valence-corrected chi connectivity index (χ1v) is 7.40. The Balaban J connectivity index is 0.00000242. The SMILES string of the molecule is Cc1ccc2c(c1)oc(=O)n2CCCCCCCC(=O)O.[NaH]. The predicted octanol–water partition coefficient (Wildman–Crippen LogP) is 2.68. The molecule has 0 atom stereocenters. The fourth-order valence-corrected chi connectivity index (χ4v) is 2.46. The van der Waals surface area contributed by atoms with Crippen molar-refractivity contribution in [3.63, 3.8) is 0 Å². The van der Waals surface area contributed by atoms with Crippen LogP contribution in [0, 0.1) is 6.92 Å². The minimum absolute atomic E-state index is 0. The molecule has 0 spiro atoms. The number of benzene rings is 1. The molecule has 5 nitrogen and oxygen atoms in total. The molecule has 0 bridgehead atoms. The number of unbranched alkanes of at least 4 members (excludes halogenated alkanes) is 4. The third kappa shape index (κ3) is 5.30. The number of carboxylic acids is 1. The van der Waals surface area contributed by atoms with Crippen LogP contribution in [0.15, 0.2) is 27.4 Å². The van der Waals surface area contributed by atoms with Crippen LogP contribution in [-0.2, 0) is 11.3 Å². The summed E-state index contributed by atoms with van der Waals surface area (Å²) in [5, 5.41) is 8.54. The molecule has 1 heterocycles. The van der Waals surface area contributed by atoms with Crippen molar-refractivity contribution in [2.24, 2.45) is 0 Å². The number of hydrogen-bond acceptors (Lipinski definition) is 3. The zero-order chi connectivity index (χ0) is 15.2. The van der Waals surface area contributed by atoms with Crippen molar-refractivity contribution in [2.75, 3.05) is 0 Å². The molecule has 6 heteroatoms. The second-order valence-corrected chi connectivity index (χ2v) is 5.40. The Morgan fingerprint density at radius 1 is 1.18 bits per heavy atom. The predicted molar refractivity (Wildman–Crippen MR) is 87.7 cm³/mol. The van der Waals surface area contributed by atoms with E-state index in [1.165, 1.54) is 0 Å². The van der Waals surface area contributed by atoms with E-state index in [-0.39, 0.29) is 41.7 Å². The maximum atomic E-state index is 11.8. The quantitative estimate of drug-likeness (QED) is 0.600. The molecular formula is C16H22NNaO4. The number of oxazole rings is 1. The van der Waals surface area contributed by atoms with E-state index in [2.05, 4.69) is 0 Å². The second-order valence-electron chi connectivity index (χ2n) is 5.40. The Kier molecular flexibility index (Phi) is 7.93. The topological polar surface area (TPSA) is 72.4 Å². The van der Waals surface area contributed by atoms with Gasteiger partial charge in [-0.25, -0.2) is 4.79 Å². The van der Waals surface area contributed by atoms with Crippen LogP contribution in [0.5, 0.6) is 0 Å². The van der Waals surface area contributed by atoms with Crippen LogP contribution in [0.25, 0.3) is 11.1 Å². The van der Waals surface area contributed by atoms with Crippen molar-refractivity contribution >= 4 is 46.6 Å². The van der Waals surface area contributed by atoms with E-state index in [0.29, 0.717) is 12.1 Å².